The Balaban J connectivity index is 2.28. The van der Waals surface area contributed by atoms with Crippen LogP contribution in [-0.2, 0) is 6.42 Å². The highest BCUT2D eigenvalue weighted by Gasteiger charge is 2.16. The van der Waals surface area contributed by atoms with E-state index in [0.717, 1.165) is 10.0 Å². The number of rotatable bonds is 3. The van der Waals surface area contributed by atoms with Gasteiger partial charge in [0.2, 0.25) is 0 Å². The first-order valence-electron chi connectivity index (χ1n) is 5.62. The molecule has 0 spiro atoms. The van der Waals surface area contributed by atoms with Gasteiger partial charge in [0.25, 0.3) is 0 Å². The van der Waals surface area contributed by atoms with Crippen molar-refractivity contribution in [2.24, 2.45) is 5.73 Å². The predicted molar refractivity (Wildman–Crippen MR) is 76.1 cm³/mol. The van der Waals surface area contributed by atoms with E-state index in [1.807, 2.05) is 0 Å². The van der Waals surface area contributed by atoms with Crippen molar-refractivity contribution in [2.45, 2.75) is 12.5 Å². The molecule has 0 radical (unpaired) electrons. The molecule has 0 bridgehead atoms. The summed E-state index contributed by atoms with van der Waals surface area (Å²) < 4.78 is 27.9. The maximum atomic E-state index is 13.6. The zero-order valence-corrected chi connectivity index (χ0v) is 12.2. The average molecular weight is 347 g/mol. The summed E-state index contributed by atoms with van der Waals surface area (Å²) in [6, 6.07) is 8.41. The van der Waals surface area contributed by atoms with Gasteiger partial charge in [-0.15, -0.1) is 0 Å². The Morgan fingerprint density at radius 2 is 1.79 bits per heavy atom. The number of nitrogens with two attached hydrogens (primary N) is 1. The van der Waals surface area contributed by atoms with E-state index >= 15 is 0 Å². The lowest BCUT2D eigenvalue weighted by Gasteiger charge is -2.15. The van der Waals surface area contributed by atoms with E-state index in [1.165, 1.54) is 18.2 Å². The molecule has 2 rings (SSSR count). The minimum absolute atomic E-state index is 0.00292. The van der Waals surface area contributed by atoms with Crippen LogP contribution in [0.5, 0.6) is 0 Å². The number of halogens is 4. The zero-order valence-electron chi connectivity index (χ0n) is 9.84. The highest BCUT2D eigenvalue weighted by molar-refractivity contribution is 9.10. The molecule has 0 fully saturated rings. The molecule has 0 saturated carbocycles. The molecule has 5 heteroatoms. The van der Waals surface area contributed by atoms with E-state index in [-0.39, 0.29) is 12.0 Å². The van der Waals surface area contributed by atoms with Gasteiger partial charge in [-0.25, -0.2) is 8.78 Å². The second kappa shape index (κ2) is 5.99. The van der Waals surface area contributed by atoms with Crippen LogP contribution in [0.1, 0.15) is 17.2 Å². The van der Waals surface area contributed by atoms with E-state index in [0.29, 0.717) is 5.02 Å². The number of hydrogen-bond donors (Lipinski definition) is 1. The summed E-state index contributed by atoms with van der Waals surface area (Å²) in [6.45, 7) is 0. The first-order valence-corrected chi connectivity index (χ1v) is 6.79. The van der Waals surface area contributed by atoms with Crippen LogP contribution in [0.2, 0.25) is 5.02 Å². The third kappa shape index (κ3) is 3.32. The molecule has 2 N–H and O–H groups in total. The fourth-order valence-electron chi connectivity index (χ4n) is 1.86. The van der Waals surface area contributed by atoms with Gasteiger partial charge in [-0.05, 0) is 36.2 Å². The Morgan fingerprint density at radius 3 is 2.37 bits per heavy atom. The molecule has 100 valence electrons. The lowest BCUT2D eigenvalue weighted by molar-refractivity contribution is 0.539. The van der Waals surface area contributed by atoms with Crippen LogP contribution in [0.4, 0.5) is 8.78 Å². The van der Waals surface area contributed by atoms with E-state index in [9.17, 15) is 8.78 Å². The highest BCUT2D eigenvalue weighted by atomic mass is 79.9. The molecule has 0 aliphatic carbocycles. The van der Waals surface area contributed by atoms with Crippen molar-refractivity contribution in [2.75, 3.05) is 0 Å². The van der Waals surface area contributed by atoms with Crippen LogP contribution in [0.25, 0.3) is 0 Å². The molecule has 2 aromatic carbocycles. The molecule has 0 saturated heterocycles. The van der Waals surface area contributed by atoms with Gasteiger partial charge in [0.15, 0.2) is 0 Å². The molecular formula is C14H11BrClF2N. The van der Waals surface area contributed by atoms with E-state index < -0.39 is 17.7 Å². The monoisotopic (exact) mass is 345 g/mol. The largest absolute Gasteiger partial charge is 0.324 e. The third-order valence-corrected chi connectivity index (χ3v) is 3.77. The normalized spacial score (nSPS) is 12.5. The van der Waals surface area contributed by atoms with Gasteiger partial charge in [-0.2, -0.15) is 0 Å². The molecule has 0 aliphatic heterocycles. The minimum Gasteiger partial charge on any atom is -0.324 e. The molecule has 0 aliphatic rings. The Kier molecular flexibility index (Phi) is 4.55. The summed E-state index contributed by atoms with van der Waals surface area (Å²) in [7, 11) is 0. The molecule has 0 amide bonds. The molecule has 0 aromatic heterocycles. The van der Waals surface area contributed by atoms with Gasteiger partial charge in [0.05, 0.1) is 0 Å². The van der Waals surface area contributed by atoms with Gasteiger partial charge in [0, 0.05) is 21.1 Å². The van der Waals surface area contributed by atoms with Gasteiger partial charge in [-0.3, -0.25) is 0 Å². The van der Waals surface area contributed by atoms with Crippen LogP contribution in [0.15, 0.2) is 40.9 Å². The van der Waals surface area contributed by atoms with Gasteiger partial charge in [-0.1, -0.05) is 39.7 Å². The maximum absolute atomic E-state index is 13.6. The third-order valence-electron chi connectivity index (χ3n) is 2.85. The van der Waals surface area contributed by atoms with Crippen molar-refractivity contribution in [3.63, 3.8) is 0 Å². The topological polar surface area (TPSA) is 26.0 Å². The Bertz CT molecular complexity index is 584. The van der Waals surface area contributed by atoms with Crippen molar-refractivity contribution < 1.29 is 8.78 Å². The van der Waals surface area contributed by atoms with Crippen molar-refractivity contribution in [1.82, 2.24) is 0 Å². The summed E-state index contributed by atoms with van der Waals surface area (Å²) in [4.78, 5) is 0. The first kappa shape index (κ1) is 14.4. The molecule has 19 heavy (non-hydrogen) atoms. The van der Waals surface area contributed by atoms with Crippen LogP contribution >= 0.6 is 27.5 Å². The molecule has 1 unspecified atom stereocenters. The number of benzene rings is 2. The lowest BCUT2D eigenvalue weighted by Crippen LogP contribution is -2.15. The van der Waals surface area contributed by atoms with E-state index in [2.05, 4.69) is 15.9 Å². The first-order chi connectivity index (χ1) is 8.99. The standard InChI is InChI=1S/C14H11BrClF2N/c15-11-6-8(16)4-5-9(11)14(19)7-10-12(17)2-1-3-13(10)18/h1-6,14H,7,19H2. The Hall–Kier alpha value is -0.970. The quantitative estimate of drug-likeness (QED) is 0.862. The van der Waals surface area contributed by atoms with Crippen LogP contribution in [0, 0.1) is 11.6 Å². The fraction of sp³-hybridized carbons (Fsp3) is 0.143. The zero-order chi connectivity index (χ0) is 14.0. The molecule has 2 aromatic rings. The van der Waals surface area contributed by atoms with Gasteiger partial charge < -0.3 is 5.73 Å². The lowest BCUT2D eigenvalue weighted by atomic mass is 9.99. The van der Waals surface area contributed by atoms with Gasteiger partial charge in [0.1, 0.15) is 11.6 Å². The van der Waals surface area contributed by atoms with Crippen LogP contribution in [0.3, 0.4) is 0 Å². The summed E-state index contributed by atoms with van der Waals surface area (Å²) in [5.41, 5.74) is 6.76. The van der Waals surface area contributed by atoms with Crippen molar-refractivity contribution in [3.8, 4) is 0 Å². The summed E-state index contributed by atoms with van der Waals surface area (Å²) in [5.74, 6) is -1.17. The molecular weight excluding hydrogens is 336 g/mol. The summed E-state index contributed by atoms with van der Waals surface area (Å²) >= 11 is 9.19. The van der Waals surface area contributed by atoms with Crippen molar-refractivity contribution in [1.29, 1.82) is 0 Å². The van der Waals surface area contributed by atoms with Crippen LogP contribution in [-0.4, -0.2) is 0 Å². The molecule has 1 nitrogen and oxygen atoms in total. The fourth-order valence-corrected chi connectivity index (χ4v) is 2.84. The van der Waals surface area contributed by atoms with Gasteiger partial charge >= 0.3 is 0 Å². The summed E-state index contributed by atoms with van der Waals surface area (Å²) in [5, 5.41) is 0.569. The van der Waals surface area contributed by atoms with Crippen molar-refractivity contribution in [3.05, 3.63) is 68.7 Å². The predicted octanol–water partition coefficient (Wildman–Crippen LogP) is 4.62. The minimum atomic E-state index is -0.583. The van der Waals surface area contributed by atoms with E-state index in [1.54, 1.807) is 18.2 Å². The second-order valence-corrected chi connectivity index (χ2v) is 5.47. The molecule has 1 atom stereocenters. The smallest absolute Gasteiger partial charge is 0.129 e. The Morgan fingerprint density at radius 1 is 1.16 bits per heavy atom. The Labute approximate surface area is 123 Å². The molecule has 0 heterocycles. The number of hydrogen-bond acceptors (Lipinski definition) is 1. The second-order valence-electron chi connectivity index (χ2n) is 4.18. The average Bonchev–Trinajstić information content (AvgIpc) is 2.33. The van der Waals surface area contributed by atoms with E-state index in [4.69, 9.17) is 17.3 Å². The van der Waals surface area contributed by atoms with Crippen LogP contribution < -0.4 is 5.73 Å². The maximum Gasteiger partial charge on any atom is 0.129 e. The summed E-state index contributed by atoms with van der Waals surface area (Å²) in [6.07, 6.45) is 0.0821. The highest BCUT2D eigenvalue weighted by Crippen LogP contribution is 2.28. The van der Waals surface area contributed by atoms with Crippen molar-refractivity contribution >= 4 is 27.5 Å². The SMILES string of the molecule is NC(Cc1c(F)cccc1F)c1ccc(Cl)cc1Br.